The number of anilines is 1. The average molecular weight is 338 g/mol. The van der Waals surface area contributed by atoms with Crippen molar-refractivity contribution in [1.29, 1.82) is 0 Å². The van der Waals surface area contributed by atoms with E-state index in [0.29, 0.717) is 13.0 Å². The minimum atomic E-state index is -4.78. The average Bonchev–Trinajstić information content (AvgIpc) is 2.32. The van der Waals surface area contributed by atoms with E-state index in [4.69, 9.17) is 0 Å². The van der Waals surface area contributed by atoms with Crippen molar-refractivity contribution < 1.29 is 22.7 Å². The summed E-state index contributed by atoms with van der Waals surface area (Å²) in [6, 6.07) is 5.66. The number of halogens is 4. The van der Waals surface area contributed by atoms with Gasteiger partial charge < -0.3 is 9.64 Å². The van der Waals surface area contributed by atoms with Crippen molar-refractivity contribution in [3.8, 4) is 5.75 Å². The Morgan fingerprint density at radius 2 is 2.00 bits per heavy atom. The standard InChI is InChI=1S/C12H11BrF3NO2/c13-8-4-3-7-17(11(8)18)9-5-1-2-6-10(9)19-12(14,15)16/h1-2,5-6,8H,3-4,7H2. The van der Waals surface area contributed by atoms with Gasteiger partial charge in [0.15, 0.2) is 5.75 Å². The molecule has 1 heterocycles. The zero-order valence-corrected chi connectivity index (χ0v) is 11.4. The molecule has 1 aromatic carbocycles. The van der Waals surface area contributed by atoms with E-state index in [1.807, 2.05) is 0 Å². The number of rotatable bonds is 2. The molecular weight excluding hydrogens is 327 g/mol. The molecule has 0 aliphatic carbocycles. The number of amides is 1. The zero-order chi connectivity index (χ0) is 14.0. The van der Waals surface area contributed by atoms with Crippen molar-refractivity contribution in [1.82, 2.24) is 0 Å². The highest BCUT2D eigenvalue weighted by Crippen LogP contribution is 2.35. The van der Waals surface area contributed by atoms with E-state index in [1.54, 1.807) is 6.07 Å². The second-order valence-corrected chi connectivity index (χ2v) is 5.22. The number of nitrogens with zero attached hydrogens (tertiary/aromatic N) is 1. The van der Waals surface area contributed by atoms with Gasteiger partial charge >= 0.3 is 6.36 Å². The SMILES string of the molecule is O=C1C(Br)CCCN1c1ccccc1OC(F)(F)F. The fraction of sp³-hybridized carbons (Fsp3) is 0.417. The van der Waals surface area contributed by atoms with Crippen LogP contribution in [0.4, 0.5) is 18.9 Å². The van der Waals surface area contributed by atoms with Gasteiger partial charge in [0, 0.05) is 6.54 Å². The Morgan fingerprint density at radius 3 is 2.68 bits per heavy atom. The smallest absolute Gasteiger partial charge is 0.404 e. The molecule has 3 nitrogen and oxygen atoms in total. The van der Waals surface area contributed by atoms with Crippen LogP contribution in [0.3, 0.4) is 0 Å². The van der Waals surface area contributed by atoms with Crippen LogP contribution >= 0.6 is 15.9 Å². The molecule has 104 valence electrons. The van der Waals surface area contributed by atoms with Crippen LogP contribution in [0.2, 0.25) is 0 Å². The number of benzene rings is 1. The van der Waals surface area contributed by atoms with Crippen LogP contribution in [0.5, 0.6) is 5.75 Å². The number of carbonyl (C=O) groups is 1. The normalized spacial score (nSPS) is 20.5. The molecule has 1 aliphatic heterocycles. The van der Waals surface area contributed by atoms with Crippen molar-refractivity contribution in [3.05, 3.63) is 24.3 Å². The van der Waals surface area contributed by atoms with Gasteiger partial charge in [0.2, 0.25) is 5.91 Å². The number of alkyl halides is 4. The Balaban J connectivity index is 2.31. The van der Waals surface area contributed by atoms with Crippen molar-refractivity contribution in [2.45, 2.75) is 24.0 Å². The van der Waals surface area contributed by atoms with Gasteiger partial charge in [-0.3, -0.25) is 4.79 Å². The second-order valence-electron chi connectivity index (χ2n) is 4.12. The van der Waals surface area contributed by atoms with Gasteiger partial charge in [-0.05, 0) is 25.0 Å². The maximum Gasteiger partial charge on any atom is 0.573 e. The third kappa shape index (κ3) is 3.40. The molecule has 0 N–H and O–H groups in total. The number of hydrogen-bond donors (Lipinski definition) is 0. The lowest BCUT2D eigenvalue weighted by Crippen LogP contribution is -2.42. The molecule has 2 rings (SSSR count). The van der Waals surface area contributed by atoms with Crippen LogP contribution in [0, 0.1) is 0 Å². The van der Waals surface area contributed by atoms with Crippen LogP contribution in [-0.2, 0) is 4.79 Å². The molecule has 0 aromatic heterocycles. The predicted molar refractivity (Wildman–Crippen MR) is 67.4 cm³/mol. The Bertz CT molecular complexity index is 478. The van der Waals surface area contributed by atoms with Crippen molar-refractivity contribution in [3.63, 3.8) is 0 Å². The first-order valence-electron chi connectivity index (χ1n) is 5.69. The van der Waals surface area contributed by atoms with Crippen molar-refractivity contribution in [2.75, 3.05) is 11.4 Å². The molecule has 1 saturated heterocycles. The van der Waals surface area contributed by atoms with Crippen LogP contribution < -0.4 is 9.64 Å². The molecule has 1 aromatic rings. The minimum Gasteiger partial charge on any atom is -0.404 e. The molecular formula is C12H11BrF3NO2. The van der Waals surface area contributed by atoms with Gasteiger partial charge in [0.1, 0.15) is 0 Å². The van der Waals surface area contributed by atoms with Gasteiger partial charge in [-0.1, -0.05) is 28.1 Å². The number of para-hydroxylation sites is 2. The first-order chi connectivity index (χ1) is 8.88. The van der Waals surface area contributed by atoms with E-state index >= 15 is 0 Å². The predicted octanol–water partition coefficient (Wildman–Crippen LogP) is 3.48. The lowest BCUT2D eigenvalue weighted by Gasteiger charge is -2.31. The molecule has 1 fully saturated rings. The van der Waals surface area contributed by atoms with Crippen LogP contribution in [-0.4, -0.2) is 23.6 Å². The summed E-state index contributed by atoms with van der Waals surface area (Å²) in [6.07, 6.45) is -3.37. The monoisotopic (exact) mass is 337 g/mol. The number of hydrogen-bond acceptors (Lipinski definition) is 2. The lowest BCUT2D eigenvalue weighted by molar-refractivity contribution is -0.274. The maximum absolute atomic E-state index is 12.3. The minimum absolute atomic E-state index is 0.147. The molecule has 1 unspecified atom stereocenters. The molecule has 0 radical (unpaired) electrons. The summed E-state index contributed by atoms with van der Waals surface area (Å²) >= 11 is 3.22. The maximum atomic E-state index is 12.3. The molecule has 0 saturated carbocycles. The number of piperidine rings is 1. The highest BCUT2D eigenvalue weighted by molar-refractivity contribution is 9.10. The summed E-state index contributed by atoms with van der Waals surface area (Å²) in [5.41, 5.74) is 0.147. The fourth-order valence-electron chi connectivity index (χ4n) is 1.96. The Labute approximate surface area is 116 Å². The molecule has 19 heavy (non-hydrogen) atoms. The van der Waals surface area contributed by atoms with Crippen molar-refractivity contribution >= 4 is 27.5 Å². The summed E-state index contributed by atoms with van der Waals surface area (Å²) < 4.78 is 40.9. The van der Waals surface area contributed by atoms with Gasteiger partial charge in [0.25, 0.3) is 0 Å². The molecule has 7 heteroatoms. The highest BCUT2D eigenvalue weighted by Gasteiger charge is 2.35. The van der Waals surface area contributed by atoms with E-state index in [1.165, 1.54) is 23.1 Å². The summed E-state index contributed by atoms with van der Waals surface area (Å²) in [5.74, 6) is -0.602. The highest BCUT2D eigenvalue weighted by atomic mass is 79.9. The van der Waals surface area contributed by atoms with E-state index in [0.717, 1.165) is 6.42 Å². The van der Waals surface area contributed by atoms with Gasteiger partial charge in [-0.25, -0.2) is 0 Å². The lowest BCUT2D eigenvalue weighted by atomic mass is 10.1. The summed E-state index contributed by atoms with van der Waals surface area (Å²) in [6.45, 7) is 0.388. The summed E-state index contributed by atoms with van der Waals surface area (Å²) in [4.78, 5) is 12.9. The largest absolute Gasteiger partial charge is 0.573 e. The molecule has 1 atom stereocenters. The Kier molecular flexibility index (Phi) is 4.03. The van der Waals surface area contributed by atoms with Crippen LogP contribution in [0.15, 0.2) is 24.3 Å². The first-order valence-corrected chi connectivity index (χ1v) is 6.60. The molecule has 1 aliphatic rings. The Morgan fingerprint density at radius 1 is 1.32 bits per heavy atom. The summed E-state index contributed by atoms with van der Waals surface area (Å²) in [7, 11) is 0. The number of carbonyl (C=O) groups excluding carboxylic acids is 1. The van der Waals surface area contributed by atoms with E-state index < -0.39 is 6.36 Å². The van der Waals surface area contributed by atoms with E-state index in [2.05, 4.69) is 20.7 Å². The molecule has 0 spiro atoms. The third-order valence-electron chi connectivity index (χ3n) is 2.76. The quantitative estimate of drug-likeness (QED) is 0.773. The third-order valence-corrected chi connectivity index (χ3v) is 3.60. The van der Waals surface area contributed by atoms with E-state index in [9.17, 15) is 18.0 Å². The van der Waals surface area contributed by atoms with Gasteiger partial charge in [-0.15, -0.1) is 13.2 Å². The van der Waals surface area contributed by atoms with Crippen LogP contribution in [0.1, 0.15) is 12.8 Å². The van der Waals surface area contributed by atoms with E-state index in [-0.39, 0.29) is 22.2 Å². The second kappa shape index (κ2) is 5.40. The van der Waals surface area contributed by atoms with Crippen molar-refractivity contribution in [2.24, 2.45) is 0 Å². The van der Waals surface area contributed by atoms with Crippen LogP contribution in [0.25, 0.3) is 0 Å². The molecule has 1 amide bonds. The first kappa shape index (κ1) is 14.2. The van der Waals surface area contributed by atoms with Gasteiger partial charge in [0.05, 0.1) is 10.5 Å². The molecule has 0 bridgehead atoms. The van der Waals surface area contributed by atoms with Gasteiger partial charge in [-0.2, -0.15) is 0 Å². The summed E-state index contributed by atoms with van der Waals surface area (Å²) in [5, 5.41) is 0. The fourth-order valence-corrected chi connectivity index (χ4v) is 2.53. The Hall–Kier alpha value is -1.24. The topological polar surface area (TPSA) is 29.5 Å². The zero-order valence-electron chi connectivity index (χ0n) is 9.78. The number of ether oxygens (including phenoxy) is 1.